The molecule has 0 atom stereocenters. The molecule has 0 radical (unpaired) electrons. The third-order valence-electron chi connectivity index (χ3n) is 2.82. The van der Waals surface area contributed by atoms with E-state index in [1.807, 2.05) is 24.3 Å². The third kappa shape index (κ3) is 3.44. The van der Waals surface area contributed by atoms with E-state index in [0.29, 0.717) is 22.9 Å². The van der Waals surface area contributed by atoms with Gasteiger partial charge in [0.05, 0.1) is 24.4 Å². The molecule has 0 spiro atoms. The first kappa shape index (κ1) is 14.7. The normalized spacial score (nSPS) is 9.90. The second-order valence-corrected chi connectivity index (χ2v) is 5.44. The van der Waals surface area contributed by atoms with Gasteiger partial charge in [0.1, 0.15) is 5.75 Å². The summed E-state index contributed by atoms with van der Waals surface area (Å²) in [6, 6.07) is 13.1. The van der Waals surface area contributed by atoms with Crippen molar-refractivity contribution in [3.05, 3.63) is 57.0 Å². The number of benzene rings is 2. The molecule has 0 unspecified atom stereocenters. The van der Waals surface area contributed by atoms with Gasteiger partial charge < -0.3 is 10.1 Å². The lowest BCUT2D eigenvalue weighted by atomic mass is 10.2. The molecule has 5 heteroatoms. The van der Waals surface area contributed by atoms with E-state index in [4.69, 9.17) is 21.6 Å². The number of nitrogens with one attached hydrogen (secondary N) is 1. The zero-order chi connectivity index (χ0) is 14.5. The molecule has 0 aliphatic rings. The zero-order valence-corrected chi connectivity index (χ0v) is 13.1. The van der Waals surface area contributed by atoms with Crippen LogP contribution in [-0.4, -0.2) is 7.11 Å². The van der Waals surface area contributed by atoms with Crippen LogP contribution in [0.2, 0.25) is 5.02 Å². The van der Waals surface area contributed by atoms with Crippen LogP contribution in [0.15, 0.2) is 40.9 Å². The van der Waals surface area contributed by atoms with Crippen LogP contribution < -0.4 is 10.1 Å². The first-order valence-corrected chi connectivity index (χ1v) is 7.07. The Morgan fingerprint density at radius 2 is 2.10 bits per heavy atom. The number of ether oxygens (including phenoxy) is 1. The maximum Gasteiger partial charge on any atom is 0.143 e. The predicted molar refractivity (Wildman–Crippen MR) is 84.2 cm³/mol. The molecule has 0 bridgehead atoms. The van der Waals surface area contributed by atoms with E-state index in [-0.39, 0.29) is 0 Å². The topological polar surface area (TPSA) is 45.0 Å². The number of halogens is 2. The van der Waals surface area contributed by atoms with Crippen LogP contribution in [0, 0.1) is 11.3 Å². The predicted octanol–water partition coefficient (Wildman–Crippen LogP) is 4.59. The number of hydrogen-bond donors (Lipinski definition) is 1. The number of nitrogens with zero attached hydrogens (tertiary/aromatic N) is 1. The molecule has 3 nitrogen and oxygen atoms in total. The van der Waals surface area contributed by atoms with E-state index in [9.17, 15) is 0 Å². The Kier molecular flexibility index (Phi) is 4.89. The lowest BCUT2D eigenvalue weighted by Gasteiger charge is -2.12. The summed E-state index contributed by atoms with van der Waals surface area (Å²) in [4.78, 5) is 0. The molecule has 0 aliphatic carbocycles. The minimum absolute atomic E-state index is 0.564. The summed E-state index contributed by atoms with van der Waals surface area (Å²) in [6.45, 7) is 0.578. The largest absolute Gasteiger partial charge is 0.495 e. The smallest absolute Gasteiger partial charge is 0.143 e. The van der Waals surface area contributed by atoms with Gasteiger partial charge in [0.25, 0.3) is 0 Å². The van der Waals surface area contributed by atoms with Gasteiger partial charge in [0.2, 0.25) is 0 Å². The second kappa shape index (κ2) is 6.65. The highest BCUT2D eigenvalue weighted by Gasteiger charge is 2.06. The van der Waals surface area contributed by atoms with Gasteiger partial charge in [-0.3, -0.25) is 0 Å². The fourth-order valence-corrected chi connectivity index (χ4v) is 2.50. The third-order valence-corrected chi connectivity index (χ3v) is 3.66. The van der Waals surface area contributed by atoms with E-state index >= 15 is 0 Å². The lowest BCUT2D eigenvalue weighted by Crippen LogP contribution is -2.02. The quantitative estimate of drug-likeness (QED) is 0.876. The molecular formula is C15H12BrClN2O. The molecule has 0 aliphatic heterocycles. The van der Waals surface area contributed by atoms with Crippen molar-refractivity contribution in [1.29, 1.82) is 5.26 Å². The van der Waals surface area contributed by atoms with E-state index in [2.05, 4.69) is 27.3 Å². The van der Waals surface area contributed by atoms with Gasteiger partial charge in [-0.25, -0.2) is 0 Å². The minimum Gasteiger partial charge on any atom is -0.495 e. The Morgan fingerprint density at radius 3 is 2.75 bits per heavy atom. The highest BCUT2D eigenvalue weighted by molar-refractivity contribution is 9.10. The van der Waals surface area contributed by atoms with Gasteiger partial charge in [-0.05, 0) is 29.8 Å². The second-order valence-electron chi connectivity index (χ2n) is 4.12. The Hall–Kier alpha value is -1.70. The molecule has 0 heterocycles. The monoisotopic (exact) mass is 350 g/mol. The molecular weight excluding hydrogens is 340 g/mol. The Balaban J connectivity index is 2.16. The molecule has 20 heavy (non-hydrogen) atoms. The Morgan fingerprint density at radius 1 is 1.30 bits per heavy atom. The molecule has 0 aromatic heterocycles. The van der Waals surface area contributed by atoms with Crippen molar-refractivity contribution in [2.75, 3.05) is 12.4 Å². The molecule has 2 rings (SSSR count). The van der Waals surface area contributed by atoms with Gasteiger partial charge in [0.15, 0.2) is 0 Å². The maximum atomic E-state index is 8.87. The van der Waals surface area contributed by atoms with Gasteiger partial charge in [-0.15, -0.1) is 0 Å². The SMILES string of the molecule is COc1cc(C#N)ccc1NCc1ccc(Br)cc1Cl. The summed E-state index contributed by atoms with van der Waals surface area (Å²) < 4.78 is 6.22. The summed E-state index contributed by atoms with van der Waals surface area (Å²) in [5.41, 5.74) is 2.38. The molecule has 102 valence electrons. The first-order chi connectivity index (χ1) is 9.63. The van der Waals surface area contributed by atoms with Crippen molar-refractivity contribution in [2.24, 2.45) is 0 Å². The lowest BCUT2D eigenvalue weighted by molar-refractivity contribution is 0.416. The average molecular weight is 352 g/mol. The minimum atomic E-state index is 0.564. The van der Waals surface area contributed by atoms with E-state index in [0.717, 1.165) is 15.7 Å². The van der Waals surface area contributed by atoms with Crippen molar-refractivity contribution in [1.82, 2.24) is 0 Å². The Labute approximate surface area is 131 Å². The summed E-state index contributed by atoms with van der Waals surface area (Å²) in [5, 5.41) is 12.8. The van der Waals surface area contributed by atoms with Crippen LogP contribution in [0.25, 0.3) is 0 Å². The van der Waals surface area contributed by atoms with E-state index < -0.39 is 0 Å². The summed E-state index contributed by atoms with van der Waals surface area (Å²) in [6.07, 6.45) is 0. The number of hydrogen-bond acceptors (Lipinski definition) is 3. The highest BCUT2D eigenvalue weighted by atomic mass is 79.9. The van der Waals surface area contributed by atoms with Gasteiger partial charge >= 0.3 is 0 Å². The van der Waals surface area contributed by atoms with Crippen LogP contribution in [0.5, 0.6) is 5.75 Å². The fourth-order valence-electron chi connectivity index (χ4n) is 1.76. The molecule has 1 N–H and O–H groups in total. The number of rotatable bonds is 4. The zero-order valence-electron chi connectivity index (χ0n) is 10.8. The summed E-state index contributed by atoms with van der Waals surface area (Å²) in [7, 11) is 1.58. The van der Waals surface area contributed by atoms with Crippen molar-refractivity contribution in [2.45, 2.75) is 6.54 Å². The number of anilines is 1. The molecule has 0 saturated carbocycles. The van der Waals surface area contributed by atoms with Gasteiger partial charge in [-0.1, -0.05) is 33.6 Å². The summed E-state index contributed by atoms with van der Waals surface area (Å²) >= 11 is 9.55. The van der Waals surface area contributed by atoms with Crippen molar-refractivity contribution in [3.8, 4) is 11.8 Å². The number of nitriles is 1. The fraction of sp³-hybridized carbons (Fsp3) is 0.133. The first-order valence-electron chi connectivity index (χ1n) is 5.90. The van der Waals surface area contributed by atoms with Crippen molar-refractivity contribution < 1.29 is 4.74 Å². The van der Waals surface area contributed by atoms with Crippen molar-refractivity contribution >= 4 is 33.2 Å². The average Bonchev–Trinajstić information content (AvgIpc) is 2.46. The molecule has 0 amide bonds. The standard InChI is InChI=1S/C15H12BrClN2O/c1-20-15-6-10(8-18)2-5-14(15)19-9-11-3-4-12(16)7-13(11)17/h2-7,19H,9H2,1H3. The van der Waals surface area contributed by atoms with Crippen LogP contribution in [0.1, 0.15) is 11.1 Å². The summed E-state index contributed by atoms with van der Waals surface area (Å²) in [5.74, 6) is 0.636. The van der Waals surface area contributed by atoms with Crippen LogP contribution in [-0.2, 0) is 6.54 Å². The van der Waals surface area contributed by atoms with E-state index in [1.165, 1.54) is 0 Å². The molecule has 2 aromatic carbocycles. The maximum absolute atomic E-state index is 8.87. The highest BCUT2D eigenvalue weighted by Crippen LogP contribution is 2.27. The molecule has 0 saturated heterocycles. The van der Waals surface area contributed by atoms with Crippen LogP contribution in [0.3, 0.4) is 0 Å². The molecule has 2 aromatic rings. The van der Waals surface area contributed by atoms with E-state index in [1.54, 1.807) is 19.2 Å². The van der Waals surface area contributed by atoms with Gasteiger partial charge in [0, 0.05) is 22.1 Å². The van der Waals surface area contributed by atoms with Gasteiger partial charge in [-0.2, -0.15) is 5.26 Å². The van der Waals surface area contributed by atoms with Crippen molar-refractivity contribution in [3.63, 3.8) is 0 Å². The molecule has 0 fully saturated rings. The number of methoxy groups -OCH3 is 1. The van der Waals surface area contributed by atoms with Crippen LogP contribution >= 0.6 is 27.5 Å². The Bertz CT molecular complexity index is 667. The van der Waals surface area contributed by atoms with Crippen LogP contribution in [0.4, 0.5) is 5.69 Å².